The molecule has 0 aliphatic carbocycles. The quantitative estimate of drug-likeness (QED) is 0.778. The Kier molecular flexibility index (Phi) is 5.31. The molecule has 0 radical (unpaired) electrons. The molecule has 1 saturated heterocycles. The van der Waals surface area contributed by atoms with Gasteiger partial charge in [-0.2, -0.15) is 13.2 Å². The third-order valence-corrected chi connectivity index (χ3v) is 5.43. The Morgan fingerprint density at radius 3 is 2.63 bits per heavy atom. The summed E-state index contributed by atoms with van der Waals surface area (Å²) in [5.41, 5.74) is 1.52. The molecule has 3 rings (SSSR count). The van der Waals surface area contributed by atoms with E-state index in [9.17, 15) is 18.0 Å². The van der Waals surface area contributed by atoms with Crippen LogP contribution in [0.4, 0.5) is 13.2 Å². The van der Waals surface area contributed by atoms with Crippen LogP contribution in [0.3, 0.4) is 0 Å². The van der Waals surface area contributed by atoms with E-state index in [0.717, 1.165) is 16.3 Å². The van der Waals surface area contributed by atoms with Crippen LogP contribution in [0.1, 0.15) is 29.2 Å². The van der Waals surface area contributed by atoms with Crippen molar-refractivity contribution in [2.75, 3.05) is 26.2 Å². The van der Waals surface area contributed by atoms with Crippen LogP contribution in [0.15, 0.2) is 29.6 Å². The largest absolute Gasteiger partial charge is 0.401 e. The number of piperazine rings is 1. The number of benzene rings is 1. The van der Waals surface area contributed by atoms with Crippen molar-refractivity contribution in [3.63, 3.8) is 0 Å². The zero-order chi connectivity index (χ0) is 19.8. The van der Waals surface area contributed by atoms with Crippen molar-refractivity contribution in [1.29, 1.82) is 0 Å². The highest BCUT2D eigenvalue weighted by atomic mass is 32.1. The topological polar surface area (TPSA) is 36.4 Å². The highest BCUT2D eigenvalue weighted by molar-refractivity contribution is 7.09. The molecule has 1 fully saturated rings. The molecule has 0 saturated carbocycles. The van der Waals surface area contributed by atoms with Crippen molar-refractivity contribution >= 4 is 17.2 Å². The minimum absolute atomic E-state index is 0.166. The predicted octanol–water partition coefficient (Wildman–Crippen LogP) is 4.22. The van der Waals surface area contributed by atoms with Crippen LogP contribution in [0.2, 0.25) is 0 Å². The van der Waals surface area contributed by atoms with Crippen molar-refractivity contribution in [3.8, 4) is 11.3 Å². The van der Waals surface area contributed by atoms with Crippen LogP contribution in [-0.2, 0) is 0 Å². The van der Waals surface area contributed by atoms with E-state index in [1.54, 1.807) is 42.2 Å². The van der Waals surface area contributed by atoms with Crippen molar-refractivity contribution in [2.45, 2.75) is 32.5 Å². The molecule has 0 bridgehead atoms. The van der Waals surface area contributed by atoms with E-state index in [-0.39, 0.29) is 25.5 Å². The SMILES string of the molecule is Cc1nc(-c2cccc(C(=O)N3CCN(CC(F)(F)F)CC3(C)C)c2)cs1. The Hall–Kier alpha value is -1.93. The molecular weight excluding hydrogens is 375 g/mol. The first-order chi connectivity index (χ1) is 12.5. The molecule has 1 aliphatic rings. The summed E-state index contributed by atoms with van der Waals surface area (Å²) in [6, 6.07) is 7.25. The Balaban J connectivity index is 1.78. The van der Waals surface area contributed by atoms with E-state index in [0.29, 0.717) is 5.56 Å². The number of nitrogens with zero attached hydrogens (tertiary/aromatic N) is 3. The molecule has 1 aromatic heterocycles. The third kappa shape index (κ3) is 4.68. The molecule has 0 N–H and O–H groups in total. The number of amides is 1. The second-order valence-electron chi connectivity index (χ2n) is 7.43. The average Bonchev–Trinajstić information content (AvgIpc) is 2.99. The average molecular weight is 397 g/mol. The number of hydrogen-bond acceptors (Lipinski definition) is 4. The number of aromatic nitrogens is 1. The minimum Gasteiger partial charge on any atom is -0.331 e. The molecule has 1 amide bonds. The molecule has 2 heterocycles. The molecule has 0 unspecified atom stereocenters. The summed E-state index contributed by atoms with van der Waals surface area (Å²) in [6.07, 6.45) is -4.23. The lowest BCUT2D eigenvalue weighted by molar-refractivity contribution is -0.153. The second-order valence-corrected chi connectivity index (χ2v) is 8.49. The fourth-order valence-electron chi connectivity index (χ4n) is 3.48. The zero-order valence-electron chi connectivity index (χ0n) is 15.5. The molecule has 1 aromatic carbocycles. The maximum Gasteiger partial charge on any atom is 0.401 e. The zero-order valence-corrected chi connectivity index (χ0v) is 16.3. The van der Waals surface area contributed by atoms with Crippen LogP contribution in [0.5, 0.6) is 0 Å². The first-order valence-corrected chi connectivity index (χ1v) is 9.57. The van der Waals surface area contributed by atoms with Gasteiger partial charge in [-0.1, -0.05) is 12.1 Å². The van der Waals surface area contributed by atoms with Gasteiger partial charge >= 0.3 is 6.18 Å². The van der Waals surface area contributed by atoms with Crippen molar-refractivity contribution in [1.82, 2.24) is 14.8 Å². The minimum atomic E-state index is -4.23. The maximum absolute atomic E-state index is 13.1. The first kappa shape index (κ1) is 19.8. The molecular formula is C19H22F3N3OS. The summed E-state index contributed by atoms with van der Waals surface area (Å²) in [6.45, 7) is 5.25. The van der Waals surface area contributed by atoms with Gasteiger partial charge in [0.2, 0.25) is 0 Å². The number of carbonyl (C=O) groups is 1. The third-order valence-electron chi connectivity index (χ3n) is 4.65. The number of hydrogen-bond donors (Lipinski definition) is 0. The predicted molar refractivity (Wildman–Crippen MR) is 99.9 cm³/mol. The summed E-state index contributed by atoms with van der Waals surface area (Å²) in [4.78, 5) is 20.5. The summed E-state index contributed by atoms with van der Waals surface area (Å²) in [7, 11) is 0. The van der Waals surface area contributed by atoms with Crippen LogP contribution in [0, 0.1) is 6.92 Å². The lowest BCUT2D eigenvalue weighted by atomic mass is 9.96. The Labute approximate surface area is 160 Å². The molecule has 8 heteroatoms. The molecule has 0 atom stereocenters. The lowest BCUT2D eigenvalue weighted by Gasteiger charge is -2.47. The van der Waals surface area contributed by atoms with Crippen LogP contribution < -0.4 is 0 Å². The van der Waals surface area contributed by atoms with Gasteiger partial charge in [0.1, 0.15) is 0 Å². The molecule has 4 nitrogen and oxygen atoms in total. The van der Waals surface area contributed by atoms with Crippen LogP contribution >= 0.6 is 11.3 Å². The second kappa shape index (κ2) is 7.24. The summed E-state index contributed by atoms with van der Waals surface area (Å²) in [5, 5.41) is 2.89. The first-order valence-electron chi connectivity index (χ1n) is 8.69. The van der Waals surface area contributed by atoms with E-state index in [1.165, 1.54) is 4.90 Å². The fraction of sp³-hybridized carbons (Fsp3) is 0.474. The van der Waals surface area contributed by atoms with Crippen molar-refractivity contribution in [2.24, 2.45) is 0 Å². The number of rotatable bonds is 3. The van der Waals surface area contributed by atoms with Gasteiger partial charge < -0.3 is 4.90 Å². The Bertz CT molecular complexity index is 832. The van der Waals surface area contributed by atoms with Crippen LogP contribution in [-0.4, -0.2) is 58.6 Å². The summed E-state index contributed by atoms with van der Waals surface area (Å²) >= 11 is 1.54. The summed E-state index contributed by atoms with van der Waals surface area (Å²) in [5.74, 6) is -0.166. The van der Waals surface area contributed by atoms with Crippen LogP contribution in [0.25, 0.3) is 11.3 Å². The fourth-order valence-corrected chi connectivity index (χ4v) is 4.11. The molecule has 2 aromatic rings. The van der Waals surface area contributed by atoms with Gasteiger partial charge in [-0.3, -0.25) is 9.69 Å². The smallest absolute Gasteiger partial charge is 0.331 e. The van der Waals surface area contributed by atoms with Gasteiger partial charge in [0.25, 0.3) is 5.91 Å². The van der Waals surface area contributed by atoms with E-state index in [4.69, 9.17) is 0 Å². The molecule has 146 valence electrons. The van der Waals surface area contributed by atoms with E-state index in [1.807, 2.05) is 24.4 Å². The number of halogens is 3. The van der Waals surface area contributed by atoms with E-state index in [2.05, 4.69) is 4.98 Å². The van der Waals surface area contributed by atoms with E-state index >= 15 is 0 Å². The van der Waals surface area contributed by atoms with Gasteiger partial charge in [0, 0.05) is 36.1 Å². The van der Waals surface area contributed by atoms with Crippen molar-refractivity contribution in [3.05, 3.63) is 40.2 Å². The Morgan fingerprint density at radius 2 is 2.04 bits per heavy atom. The number of carbonyl (C=O) groups excluding carboxylic acids is 1. The highest BCUT2D eigenvalue weighted by Crippen LogP contribution is 2.28. The Morgan fingerprint density at radius 1 is 1.30 bits per heavy atom. The summed E-state index contributed by atoms with van der Waals surface area (Å²) < 4.78 is 38.1. The standard InChI is InChI=1S/C19H22F3N3OS/c1-13-23-16(10-27-13)14-5-4-6-15(9-14)17(26)25-8-7-24(11-18(25,2)3)12-19(20,21)22/h4-6,9-10H,7-8,11-12H2,1-3H3. The maximum atomic E-state index is 13.1. The van der Waals surface area contributed by atoms with Gasteiger partial charge in [0.15, 0.2) is 0 Å². The van der Waals surface area contributed by atoms with E-state index < -0.39 is 18.3 Å². The number of aryl methyl sites for hydroxylation is 1. The van der Waals surface area contributed by atoms with Gasteiger partial charge in [0.05, 0.1) is 22.8 Å². The molecule has 27 heavy (non-hydrogen) atoms. The monoisotopic (exact) mass is 397 g/mol. The highest BCUT2D eigenvalue weighted by Gasteiger charge is 2.40. The number of thiazole rings is 1. The molecule has 0 spiro atoms. The van der Waals surface area contributed by atoms with Gasteiger partial charge in [-0.05, 0) is 32.9 Å². The number of alkyl halides is 3. The van der Waals surface area contributed by atoms with Crippen molar-refractivity contribution < 1.29 is 18.0 Å². The van der Waals surface area contributed by atoms with Gasteiger partial charge in [-0.25, -0.2) is 4.98 Å². The van der Waals surface area contributed by atoms with Gasteiger partial charge in [-0.15, -0.1) is 11.3 Å². The molecule has 1 aliphatic heterocycles. The normalized spacial score (nSPS) is 17.9. The lowest BCUT2D eigenvalue weighted by Crippen LogP contribution is -2.62.